The minimum atomic E-state index is 0.601. The van der Waals surface area contributed by atoms with Crippen LogP contribution in [-0.2, 0) is 0 Å². The Morgan fingerprint density at radius 2 is 1.84 bits per heavy atom. The second kappa shape index (κ2) is 9.39. The number of unbranched alkanes of at least 4 members (excludes halogenated alkanes) is 1. The van der Waals surface area contributed by atoms with Crippen molar-refractivity contribution in [3.63, 3.8) is 0 Å². The molecule has 0 amide bonds. The summed E-state index contributed by atoms with van der Waals surface area (Å²) in [6, 6.07) is 8.37. The zero-order valence-electron chi connectivity index (χ0n) is 12.6. The zero-order valence-corrected chi connectivity index (χ0v) is 13.3. The summed E-state index contributed by atoms with van der Waals surface area (Å²) in [4.78, 5) is 0. The molecule has 108 valence electrons. The van der Waals surface area contributed by atoms with Gasteiger partial charge in [0, 0.05) is 11.6 Å². The molecule has 0 saturated heterocycles. The number of likely N-dealkylation sites (N-methyl/N-ethyl adjacent to an activating group) is 1. The molecule has 0 aliphatic carbocycles. The quantitative estimate of drug-likeness (QED) is 0.652. The number of hydrogen-bond acceptors (Lipinski definition) is 1. The number of benzene rings is 1. The number of rotatable bonds is 9. The van der Waals surface area contributed by atoms with Gasteiger partial charge in [0.1, 0.15) is 0 Å². The minimum Gasteiger partial charge on any atom is -0.319 e. The van der Waals surface area contributed by atoms with Gasteiger partial charge in [-0.05, 0) is 43.0 Å². The molecule has 0 fully saturated rings. The fraction of sp³-hybridized carbons (Fsp3) is 0.647. The highest BCUT2D eigenvalue weighted by Gasteiger charge is 2.16. The number of halogens is 1. The van der Waals surface area contributed by atoms with E-state index in [0.29, 0.717) is 5.92 Å². The third-order valence-electron chi connectivity index (χ3n) is 3.95. The van der Waals surface area contributed by atoms with Crippen LogP contribution in [0.25, 0.3) is 0 Å². The van der Waals surface area contributed by atoms with Gasteiger partial charge < -0.3 is 5.32 Å². The van der Waals surface area contributed by atoms with Gasteiger partial charge in [-0.3, -0.25) is 0 Å². The van der Waals surface area contributed by atoms with Crippen molar-refractivity contribution in [2.45, 2.75) is 51.9 Å². The van der Waals surface area contributed by atoms with Gasteiger partial charge in [-0.25, -0.2) is 0 Å². The average Bonchev–Trinajstić information content (AvgIpc) is 2.43. The second-order valence-electron chi connectivity index (χ2n) is 5.46. The van der Waals surface area contributed by atoms with Gasteiger partial charge in [0.2, 0.25) is 0 Å². The number of nitrogens with one attached hydrogen (secondary N) is 1. The predicted molar refractivity (Wildman–Crippen MR) is 86.0 cm³/mol. The van der Waals surface area contributed by atoms with Crippen LogP contribution in [0.4, 0.5) is 0 Å². The molecule has 1 nitrogen and oxygen atoms in total. The third kappa shape index (κ3) is 5.97. The van der Waals surface area contributed by atoms with Gasteiger partial charge in [0.25, 0.3) is 0 Å². The van der Waals surface area contributed by atoms with Crippen LogP contribution in [0.5, 0.6) is 0 Å². The molecule has 0 spiro atoms. The first-order chi connectivity index (χ1) is 9.21. The average molecular weight is 282 g/mol. The highest BCUT2D eigenvalue weighted by Crippen LogP contribution is 2.28. The van der Waals surface area contributed by atoms with Crippen LogP contribution in [-0.4, -0.2) is 13.6 Å². The standard InChI is InChI=1S/C17H28ClN/c1-4-6-7-14(5-2)12-16(13-19-3)15-8-10-17(18)11-9-15/h8-11,14,16,19H,4-7,12-13H2,1-3H3. The van der Waals surface area contributed by atoms with Gasteiger partial charge in [-0.2, -0.15) is 0 Å². The lowest BCUT2D eigenvalue weighted by Crippen LogP contribution is -2.20. The predicted octanol–water partition coefficient (Wildman–Crippen LogP) is 5.25. The largest absolute Gasteiger partial charge is 0.319 e. The summed E-state index contributed by atoms with van der Waals surface area (Å²) < 4.78 is 0. The van der Waals surface area contributed by atoms with E-state index in [1.807, 2.05) is 19.2 Å². The first-order valence-corrected chi connectivity index (χ1v) is 7.99. The van der Waals surface area contributed by atoms with Crippen LogP contribution >= 0.6 is 11.6 Å². The SMILES string of the molecule is CCCCC(CC)CC(CNC)c1ccc(Cl)cc1. The van der Waals surface area contributed by atoms with Gasteiger partial charge in [-0.1, -0.05) is 63.3 Å². The molecule has 0 radical (unpaired) electrons. The smallest absolute Gasteiger partial charge is 0.0406 e. The van der Waals surface area contributed by atoms with E-state index in [4.69, 9.17) is 11.6 Å². The van der Waals surface area contributed by atoms with Crippen molar-refractivity contribution in [2.24, 2.45) is 5.92 Å². The van der Waals surface area contributed by atoms with Crippen molar-refractivity contribution in [1.29, 1.82) is 0 Å². The molecule has 2 unspecified atom stereocenters. The van der Waals surface area contributed by atoms with Crippen molar-refractivity contribution in [3.05, 3.63) is 34.9 Å². The fourth-order valence-electron chi connectivity index (χ4n) is 2.70. The van der Waals surface area contributed by atoms with Crippen molar-refractivity contribution in [2.75, 3.05) is 13.6 Å². The van der Waals surface area contributed by atoms with E-state index >= 15 is 0 Å². The molecule has 0 aliphatic rings. The Morgan fingerprint density at radius 3 is 2.37 bits per heavy atom. The normalized spacial score (nSPS) is 14.3. The van der Waals surface area contributed by atoms with Crippen molar-refractivity contribution >= 4 is 11.6 Å². The fourth-order valence-corrected chi connectivity index (χ4v) is 2.83. The minimum absolute atomic E-state index is 0.601. The molecule has 1 aromatic carbocycles. The topological polar surface area (TPSA) is 12.0 Å². The highest BCUT2D eigenvalue weighted by atomic mass is 35.5. The van der Waals surface area contributed by atoms with E-state index < -0.39 is 0 Å². The third-order valence-corrected chi connectivity index (χ3v) is 4.21. The Morgan fingerprint density at radius 1 is 1.16 bits per heavy atom. The van der Waals surface area contributed by atoms with Crippen LogP contribution in [0, 0.1) is 5.92 Å². The lowest BCUT2D eigenvalue weighted by molar-refractivity contribution is 0.380. The van der Waals surface area contributed by atoms with E-state index in [9.17, 15) is 0 Å². The molecule has 2 atom stereocenters. The summed E-state index contributed by atoms with van der Waals surface area (Å²) in [6.45, 7) is 5.64. The van der Waals surface area contributed by atoms with E-state index in [1.165, 1.54) is 37.7 Å². The molecule has 1 N–H and O–H groups in total. The van der Waals surface area contributed by atoms with E-state index in [1.54, 1.807) is 0 Å². The van der Waals surface area contributed by atoms with Crippen LogP contribution in [0.15, 0.2) is 24.3 Å². The summed E-state index contributed by atoms with van der Waals surface area (Å²) in [6.07, 6.45) is 6.58. The van der Waals surface area contributed by atoms with Gasteiger partial charge in [-0.15, -0.1) is 0 Å². The first-order valence-electron chi connectivity index (χ1n) is 7.61. The molecular formula is C17H28ClN. The Bertz CT molecular complexity index is 334. The lowest BCUT2D eigenvalue weighted by atomic mass is 9.85. The molecule has 0 aromatic heterocycles. The Balaban J connectivity index is 2.67. The highest BCUT2D eigenvalue weighted by molar-refractivity contribution is 6.30. The summed E-state index contributed by atoms with van der Waals surface area (Å²) in [7, 11) is 2.04. The number of hydrogen-bond donors (Lipinski definition) is 1. The van der Waals surface area contributed by atoms with Crippen molar-refractivity contribution < 1.29 is 0 Å². The Labute approximate surface area is 123 Å². The zero-order chi connectivity index (χ0) is 14.1. The molecule has 1 aromatic rings. The van der Waals surface area contributed by atoms with Crippen molar-refractivity contribution in [1.82, 2.24) is 5.32 Å². The maximum absolute atomic E-state index is 5.98. The summed E-state index contributed by atoms with van der Waals surface area (Å²) in [5, 5.41) is 4.16. The Hall–Kier alpha value is -0.530. The van der Waals surface area contributed by atoms with Gasteiger partial charge in [0.05, 0.1) is 0 Å². The van der Waals surface area contributed by atoms with Crippen molar-refractivity contribution in [3.8, 4) is 0 Å². The molecule has 0 bridgehead atoms. The summed E-state index contributed by atoms with van der Waals surface area (Å²) in [5.74, 6) is 1.44. The van der Waals surface area contributed by atoms with Crippen LogP contribution < -0.4 is 5.32 Å². The van der Waals surface area contributed by atoms with Gasteiger partial charge >= 0.3 is 0 Å². The second-order valence-corrected chi connectivity index (χ2v) is 5.89. The first kappa shape index (κ1) is 16.5. The molecular weight excluding hydrogens is 254 g/mol. The maximum Gasteiger partial charge on any atom is 0.0406 e. The molecule has 19 heavy (non-hydrogen) atoms. The van der Waals surface area contributed by atoms with Crippen LogP contribution in [0.2, 0.25) is 5.02 Å². The molecule has 0 heterocycles. The van der Waals surface area contributed by atoms with E-state index in [-0.39, 0.29) is 0 Å². The molecule has 2 heteroatoms. The van der Waals surface area contributed by atoms with Crippen LogP contribution in [0.3, 0.4) is 0 Å². The lowest BCUT2D eigenvalue weighted by Gasteiger charge is -2.23. The maximum atomic E-state index is 5.98. The Kier molecular flexibility index (Phi) is 8.16. The van der Waals surface area contributed by atoms with E-state index in [0.717, 1.165) is 17.5 Å². The summed E-state index contributed by atoms with van der Waals surface area (Å²) >= 11 is 5.98. The molecule has 0 saturated carbocycles. The van der Waals surface area contributed by atoms with Gasteiger partial charge in [0.15, 0.2) is 0 Å². The molecule has 1 rings (SSSR count). The van der Waals surface area contributed by atoms with Crippen LogP contribution in [0.1, 0.15) is 57.4 Å². The monoisotopic (exact) mass is 281 g/mol. The summed E-state index contributed by atoms with van der Waals surface area (Å²) in [5.41, 5.74) is 1.41. The van der Waals surface area contributed by atoms with E-state index in [2.05, 4.69) is 31.3 Å². The molecule has 0 aliphatic heterocycles.